The number of esters is 2. The maximum atomic E-state index is 12.2. The van der Waals surface area contributed by atoms with Gasteiger partial charge in [-0.25, -0.2) is 4.57 Å². The standard InChI is InChI=1S/C26H49O8P/c1-3-5-7-9-11-12-13-14-15-17-19-21-26(28)34-24(23-33-35(29,30)31)22-32-25(27)20-18-16-10-8-6-4-2/h9,11,24H,3-8,10,12-23H2,1-2H3,(H2,29,30,31)/b11-9-/t24-/m1/s1. The molecule has 35 heavy (non-hydrogen) atoms. The fraction of sp³-hybridized carbons (Fsp3) is 0.846. The second-order valence-electron chi connectivity index (χ2n) is 9.02. The Balaban J connectivity index is 4.12. The molecule has 0 aliphatic rings. The van der Waals surface area contributed by atoms with E-state index in [-0.39, 0.29) is 19.4 Å². The lowest BCUT2D eigenvalue weighted by molar-refractivity contribution is -0.161. The number of phosphoric acid groups is 1. The predicted molar refractivity (Wildman–Crippen MR) is 138 cm³/mol. The zero-order valence-corrected chi connectivity index (χ0v) is 22.9. The van der Waals surface area contributed by atoms with Gasteiger partial charge in [0.25, 0.3) is 0 Å². The van der Waals surface area contributed by atoms with Crippen LogP contribution in [-0.2, 0) is 28.2 Å². The Morgan fingerprint density at radius 3 is 1.83 bits per heavy atom. The van der Waals surface area contributed by atoms with Gasteiger partial charge in [-0.05, 0) is 32.1 Å². The van der Waals surface area contributed by atoms with Crippen molar-refractivity contribution in [1.29, 1.82) is 0 Å². The highest BCUT2D eigenvalue weighted by Gasteiger charge is 2.22. The van der Waals surface area contributed by atoms with E-state index in [1.54, 1.807) is 0 Å². The molecule has 0 heterocycles. The van der Waals surface area contributed by atoms with Crippen LogP contribution in [0.2, 0.25) is 0 Å². The first-order valence-electron chi connectivity index (χ1n) is 13.5. The molecule has 0 aromatic carbocycles. The summed E-state index contributed by atoms with van der Waals surface area (Å²) in [6.45, 7) is 3.51. The summed E-state index contributed by atoms with van der Waals surface area (Å²) in [6.07, 6.45) is 19.7. The SMILES string of the molecule is CCCC/C=C\CCCCCCCC(=O)O[C@H](COC(=O)CCCCCCCC)COP(=O)(O)O. The van der Waals surface area contributed by atoms with Crippen LogP contribution >= 0.6 is 7.82 Å². The Kier molecular flexibility index (Phi) is 22.4. The summed E-state index contributed by atoms with van der Waals surface area (Å²) in [4.78, 5) is 42.0. The van der Waals surface area contributed by atoms with Crippen molar-refractivity contribution in [2.24, 2.45) is 0 Å². The summed E-state index contributed by atoms with van der Waals surface area (Å²) in [6, 6.07) is 0. The van der Waals surface area contributed by atoms with Crippen molar-refractivity contribution in [1.82, 2.24) is 0 Å². The molecule has 0 radical (unpaired) electrons. The molecule has 2 N–H and O–H groups in total. The number of phosphoric ester groups is 1. The second-order valence-corrected chi connectivity index (χ2v) is 10.3. The molecule has 0 rings (SSSR count). The van der Waals surface area contributed by atoms with Crippen molar-refractivity contribution in [3.05, 3.63) is 12.2 Å². The normalized spacial score (nSPS) is 12.7. The number of allylic oxidation sites excluding steroid dienone is 2. The zero-order chi connectivity index (χ0) is 26.2. The van der Waals surface area contributed by atoms with Gasteiger partial charge in [-0.3, -0.25) is 14.1 Å². The molecule has 0 unspecified atom stereocenters. The summed E-state index contributed by atoms with van der Waals surface area (Å²) in [5.41, 5.74) is 0. The maximum absolute atomic E-state index is 12.2. The molecule has 1 atom stereocenters. The number of hydrogen-bond acceptors (Lipinski definition) is 6. The minimum atomic E-state index is -4.73. The fourth-order valence-corrected chi connectivity index (χ4v) is 3.83. The smallest absolute Gasteiger partial charge is 0.462 e. The average Bonchev–Trinajstić information content (AvgIpc) is 2.81. The number of hydrogen-bond donors (Lipinski definition) is 2. The lowest BCUT2D eigenvalue weighted by Crippen LogP contribution is -2.29. The molecule has 0 fully saturated rings. The Bertz CT molecular complexity index is 602. The summed E-state index contributed by atoms with van der Waals surface area (Å²) >= 11 is 0. The van der Waals surface area contributed by atoms with E-state index in [2.05, 4.69) is 30.5 Å². The van der Waals surface area contributed by atoms with Crippen LogP contribution in [0, 0.1) is 0 Å². The molecular formula is C26H49O8P. The van der Waals surface area contributed by atoms with E-state index in [1.807, 2.05) is 0 Å². The van der Waals surface area contributed by atoms with Gasteiger partial charge in [0.05, 0.1) is 6.61 Å². The maximum Gasteiger partial charge on any atom is 0.469 e. The first kappa shape index (κ1) is 33.8. The third-order valence-corrected chi connectivity index (χ3v) is 6.02. The highest BCUT2D eigenvalue weighted by atomic mass is 31.2. The quantitative estimate of drug-likeness (QED) is 0.0619. The Morgan fingerprint density at radius 2 is 1.23 bits per heavy atom. The minimum absolute atomic E-state index is 0.203. The monoisotopic (exact) mass is 520 g/mol. The Labute approximate surface area is 212 Å². The van der Waals surface area contributed by atoms with Gasteiger partial charge < -0.3 is 19.3 Å². The van der Waals surface area contributed by atoms with Crippen LogP contribution in [0.4, 0.5) is 0 Å². The van der Waals surface area contributed by atoms with Crippen LogP contribution < -0.4 is 0 Å². The van der Waals surface area contributed by atoms with Crippen LogP contribution in [0.15, 0.2) is 12.2 Å². The van der Waals surface area contributed by atoms with E-state index in [9.17, 15) is 14.2 Å². The van der Waals surface area contributed by atoms with Crippen molar-refractivity contribution < 1.29 is 37.9 Å². The van der Waals surface area contributed by atoms with Crippen molar-refractivity contribution >= 4 is 19.8 Å². The highest BCUT2D eigenvalue weighted by molar-refractivity contribution is 7.46. The molecule has 0 saturated heterocycles. The van der Waals surface area contributed by atoms with Crippen molar-refractivity contribution in [2.75, 3.05) is 13.2 Å². The number of ether oxygens (including phenoxy) is 2. The largest absolute Gasteiger partial charge is 0.469 e. The van der Waals surface area contributed by atoms with Crippen LogP contribution in [0.5, 0.6) is 0 Å². The van der Waals surface area contributed by atoms with Gasteiger partial charge in [-0.15, -0.1) is 0 Å². The number of rotatable bonds is 24. The Morgan fingerprint density at radius 1 is 0.714 bits per heavy atom. The highest BCUT2D eigenvalue weighted by Crippen LogP contribution is 2.35. The van der Waals surface area contributed by atoms with E-state index in [1.165, 1.54) is 19.3 Å². The van der Waals surface area contributed by atoms with Crippen LogP contribution in [-0.4, -0.2) is 41.0 Å². The molecule has 0 aromatic heterocycles. The molecule has 0 aliphatic carbocycles. The lowest BCUT2D eigenvalue weighted by Gasteiger charge is -2.18. The second kappa shape index (κ2) is 23.2. The van der Waals surface area contributed by atoms with Crippen LogP contribution in [0.1, 0.15) is 123 Å². The van der Waals surface area contributed by atoms with E-state index in [4.69, 9.17) is 19.3 Å². The van der Waals surface area contributed by atoms with Crippen LogP contribution in [0.3, 0.4) is 0 Å². The lowest BCUT2D eigenvalue weighted by atomic mass is 10.1. The van der Waals surface area contributed by atoms with Gasteiger partial charge in [0.15, 0.2) is 6.10 Å². The first-order valence-corrected chi connectivity index (χ1v) is 15.0. The molecular weight excluding hydrogens is 471 g/mol. The van der Waals surface area contributed by atoms with E-state index < -0.39 is 32.5 Å². The minimum Gasteiger partial charge on any atom is -0.462 e. The zero-order valence-electron chi connectivity index (χ0n) is 22.0. The molecule has 0 saturated carbocycles. The molecule has 0 bridgehead atoms. The fourth-order valence-electron chi connectivity index (χ4n) is 3.47. The predicted octanol–water partition coefficient (Wildman–Crippen LogP) is 6.78. The average molecular weight is 521 g/mol. The van der Waals surface area contributed by atoms with Gasteiger partial charge >= 0.3 is 19.8 Å². The Hall–Kier alpha value is -1.21. The topological polar surface area (TPSA) is 119 Å². The van der Waals surface area contributed by atoms with Crippen LogP contribution in [0.25, 0.3) is 0 Å². The number of unbranched alkanes of at least 4 members (excludes halogenated alkanes) is 12. The molecule has 206 valence electrons. The molecule has 0 aromatic rings. The summed E-state index contributed by atoms with van der Waals surface area (Å²) < 4.78 is 25.9. The van der Waals surface area contributed by atoms with Gasteiger partial charge in [0.1, 0.15) is 6.61 Å². The molecule has 0 amide bonds. The molecule has 9 heteroatoms. The van der Waals surface area contributed by atoms with E-state index >= 15 is 0 Å². The summed E-state index contributed by atoms with van der Waals surface area (Å²) in [5.74, 6) is -0.909. The third kappa shape index (κ3) is 25.7. The molecule has 0 aliphatic heterocycles. The van der Waals surface area contributed by atoms with Gasteiger partial charge in [0.2, 0.25) is 0 Å². The summed E-state index contributed by atoms with van der Waals surface area (Å²) in [7, 11) is -4.73. The first-order chi connectivity index (χ1) is 16.8. The van der Waals surface area contributed by atoms with Gasteiger partial charge in [0, 0.05) is 12.8 Å². The van der Waals surface area contributed by atoms with Crippen molar-refractivity contribution in [3.8, 4) is 0 Å². The van der Waals surface area contributed by atoms with Gasteiger partial charge in [-0.2, -0.15) is 0 Å². The molecule has 0 spiro atoms. The van der Waals surface area contributed by atoms with E-state index in [0.29, 0.717) is 6.42 Å². The van der Waals surface area contributed by atoms with E-state index in [0.717, 1.165) is 70.6 Å². The number of carbonyl (C=O) groups is 2. The third-order valence-electron chi connectivity index (χ3n) is 5.53. The number of carbonyl (C=O) groups excluding carboxylic acids is 2. The van der Waals surface area contributed by atoms with Crippen molar-refractivity contribution in [2.45, 2.75) is 129 Å². The van der Waals surface area contributed by atoms with Crippen molar-refractivity contribution in [3.63, 3.8) is 0 Å². The summed E-state index contributed by atoms with van der Waals surface area (Å²) in [5, 5.41) is 0. The molecule has 8 nitrogen and oxygen atoms in total. The van der Waals surface area contributed by atoms with Gasteiger partial charge in [-0.1, -0.05) is 90.2 Å².